The van der Waals surface area contributed by atoms with Gasteiger partial charge in [-0.1, -0.05) is 72.3 Å². The Labute approximate surface area is 207 Å². The van der Waals surface area contributed by atoms with Gasteiger partial charge < -0.3 is 5.32 Å². The summed E-state index contributed by atoms with van der Waals surface area (Å²) in [5, 5.41) is 3.21. The molecule has 1 unspecified atom stereocenters. The predicted octanol–water partition coefficient (Wildman–Crippen LogP) is 4.87. The first kappa shape index (κ1) is 24.5. The fourth-order valence-electron chi connectivity index (χ4n) is 4.10. The van der Waals surface area contributed by atoms with Gasteiger partial charge in [0, 0.05) is 19.6 Å². The fourth-order valence-corrected chi connectivity index (χ4v) is 5.07. The number of likely N-dealkylation sites (N-methyl/N-ethyl adjacent to an activating group) is 1. The third-order valence-corrected chi connectivity index (χ3v) is 6.83. The second-order valence-corrected chi connectivity index (χ2v) is 9.65. The van der Waals surface area contributed by atoms with Gasteiger partial charge in [-0.25, -0.2) is 14.4 Å². The zero-order chi connectivity index (χ0) is 24.1. The first-order valence-electron chi connectivity index (χ1n) is 11.2. The van der Waals surface area contributed by atoms with Crippen molar-refractivity contribution in [1.29, 1.82) is 0 Å². The highest BCUT2D eigenvalue weighted by molar-refractivity contribution is 7.21. The smallest absolute Gasteiger partial charge is 0.281 e. The highest BCUT2D eigenvalue weighted by atomic mass is 35.5. The van der Waals surface area contributed by atoms with Gasteiger partial charge in [0.2, 0.25) is 0 Å². The third kappa shape index (κ3) is 5.52. The maximum atomic E-state index is 13.6. The molecule has 0 radical (unpaired) electrons. The molecule has 0 amide bonds. The van der Waals surface area contributed by atoms with Crippen molar-refractivity contribution in [2.75, 3.05) is 20.1 Å². The number of aromatic nitrogens is 3. The molecular weight excluding hydrogens is 473 g/mol. The monoisotopic (exact) mass is 499 g/mol. The summed E-state index contributed by atoms with van der Waals surface area (Å²) in [7, 11) is 1.91. The molecule has 0 spiro atoms. The van der Waals surface area contributed by atoms with E-state index in [0.717, 1.165) is 30.6 Å². The summed E-state index contributed by atoms with van der Waals surface area (Å²) in [5.74, 6) is 0.422. The van der Waals surface area contributed by atoms with Crippen LogP contribution in [0.4, 0.5) is 4.39 Å². The summed E-state index contributed by atoms with van der Waals surface area (Å²) in [6.07, 6.45) is 0.740. The second kappa shape index (κ2) is 11.2. The van der Waals surface area contributed by atoms with Crippen LogP contribution < -0.4 is 10.9 Å². The lowest BCUT2D eigenvalue weighted by atomic mass is 10.1. The Kier molecular flexibility index (Phi) is 8.05. The number of rotatable bonds is 10. The lowest BCUT2D eigenvalue weighted by Crippen LogP contribution is -2.38. The van der Waals surface area contributed by atoms with Gasteiger partial charge in [0.1, 0.15) is 11.6 Å². The van der Waals surface area contributed by atoms with Crippen molar-refractivity contribution in [2.45, 2.75) is 32.5 Å². The SMILES string of the molecule is CCC(c1nc2sc(Cl)nc2c(=O)n1Cc1ccccc1)N(CCNC)Cc1ccc(F)cc1. The topological polar surface area (TPSA) is 63.1 Å². The molecule has 34 heavy (non-hydrogen) atoms. The van der Waals surface area contributed by atoms with E-state index >= 15 is 0 Å². The van der Waals surface area contributed by atoms with Gasteiger partial charge in [-0.2, -0.15) is 0 Å². The van der Waals surface area contributed by atoms with Gasteiger partial charge >= 0.3 is 0 Å². The number of nitrogens with one attached hydrogen (secondary N) is 1. The molecule has 2 heterocycles. The van der Waals surface area contributed by atoms with E-state index in [1.807, 2.05) is 37.4 Å². The van der Waals surface area contributed by atoms with E-state index in [4.69, 9.17) is 16.6 Å². The van der Waals surface area contributed by atoms with Crippen LogP contribution in [-0.2, 0) is 13.1 Å². The number of hydrogen-bond donors (Lipinski definition) is 1. The largest absolute Gasteiger partial charge is 0.318 e. The van der Waals surface area contributed by atoms with E-state index in [1.165, 1.54) is 23.5 Å². The molecular formula is C25H27ClFN5OS. The van der Waals surface area contributed by atoms with Crippen molar-refractivity contribution in [1.82, 2.24) is 24.8 Å². The second-order valence-electron chi connectivity index (χ2n) is 8.09. The van der Waals surface area contributed by atoms with Gasteiger partial charge in [-0.05, 0) is 36.7 Å². The highest BCUT2D eigenvalue weighted by Gasteiger charge is 2.26. The van der Waals surface area contributed by atoms with Crippen LogP contribution in [0.2, 0.25) is 4.47 Å². The predicted molar refractivity (Wildman–Crippen MR) is 136 cm³/mol. The first-order valence-corrected chi connectivity index (χ1v) is 12.4. The summed E-state index contributed by atoms with van der Waals surface area (Å²) >= 11 is 7.37. The number of nitrogens with zero attached hydrogens (tertiary/aromatic N) is 4. The molecule has 0 fully saturated rings. The van der Waals surface area contributed by atoms with Crippen molar-refractivity contribution in [3.05, 3.63) is 92.2 Å². The summed E-state index contributed by atoms with van der Waals surface area (Å²) in [6.45, 7) is 4.57. The molecule has 9 heteroatoms. The Morgan fingerprint density at radius 3 is 2.53 bits per heavy atom. The molecule has 178 valence electrons. The normalized spacial score (nSPS) is 12.5. The van der Waals surface area contributed by atoms with Crippen LogP contribution in [0.15, 0.2) is 59.4 Å². The minimum atomic E-state index is -0.261. The number of fused-ring (bicyclic) bond motifs is 1. The van der Waals surface area contributed by atoms with E-state index in [-0.39, 0.29) is 17.4 Å². The summed E-state index contributed by atoms with van der Waals surface area (Å²) in [6, 6.07) is 16.2. The highest BCUT2D eigenvalue weighted by Crippen LogP contribution is 2.28. The van der Waals surface area contributed by atoms with Crippen molar-refractivity contribution < 1.29 is 4.39 Å². The van der Waals surface area contributed by atoms with E-state index < -0.39 is 0 Å². The maximum absolute atomic E-state index is 13.6. The number of halogens is 2. The van der Waals surface area contributed by atoms with Crippen molar-refractivity contribution in [2.24, 2.45) is 0 Å². The molecule has 4 aromatic rings. The molecule has 2 aromatic heterocycles. The van der Waals surface area contributed by atoms with Gasteiger partial charge in [0.15, 0.2) is 14.8 Å². The van der Waals surface area contributed by atoms with Crippen LogP contribution in [0.25, 0.3) is 10.3 Å². The Morgan fingerprint density at radius 2 is 1.85 bits per heavy atom. The minimum Gasteiger partial charge on any atom is -0.318 e. The van der Waals surface area contributed by atoms with E-state index in [9.17, 15) is 9.18 Å². The molecule has 6 nitrogen and oxygen atoms in total. The zero-order valence-electron chi connectivity index (χ0n) is 19.2. The maximum Gasteiger partial charge on any atom is 0.281 e. The summed E-state index contributed by atoms with van der Waals surface area (Å²) in [4.78, 5) is 25.5. The molecule has 0 saturated heterocycles. The number of hydrogen-bond acceptors (Lipinski definition) is 6. The Morgan fingerprint density at radius 1 is 1.12 bits per heavy atom. The average Bonchev–Trinajstić information content (AvgIpc) is 3.22. The lowest BCUT2D eigenvalue weighted by molar-refractivity contribution is 0.172. The molecule has 0 aliphatic rings. The molecule has 4 rings (SSSR count). The van der Waals surface area contributed by atoms with Gasteiger partial charge in [0.05, 0.1) is 12.6 Å². The van der Waals surface area contributed by atoms with E-state index in [2.05, 4.69) is 22.1 Å². The molecule has 1 atom stereocenters. The van der Waals surface area contributed by atoms with Crippen LogP contribution in [-0.4, -0.2) is 39.6 Å². The Balaban J connectivity index is 1.81. The van der Waals surface area contributed by atoms with Crippen LogP contribution in [0, 0.1) is 5.82 Å². The van der Waals surface area contributed by atoms with Crippen LogP contribution in [0.1, 0.15) is 36.3 Å². The zero-order valence-corrected chi connectivity index (χ0v) is 20.7. The van der Waals surface area contributed by atoms with Crippen LogP contribution in [0.3, 0.4) is 0 Å². The van der Waals surface area contributed by atoms with E-state index in [1.54, 1.807) is 16.7 Å². The minimum absolute atomic E-state index is 0.139. The molecule has 2 aromatic carbocycles. The lowest BCUT2D eigenvalue weighted by Gasteiger charge is -2.32. The van der Waals surface area contributed by atoms with Crippen molar-refractivity contribution in [3.8, 4) is 0 Å². The van der Waals surface area contributed by atoms with Crippen LogP contribution >= 0.6 is 22.9 Å². The third-order valence-electron chi connectivity index (χ3n) is 5.78. The average molecular weight is 500 g/mol. The van der Waals surface area contributed by atoms with E-state index in [0.29, 0.717) is 33.7 Å². The molecule has 0 aliphatic heterocycles. The van der Waals surface area contributed by atoms with Gasteiger partial charge in [-0.3, -0.25) is 14.3 Å². The summed E-state index contributed by atoms with van der Waals surface area (Å²) < 4.78 is 15.5. The fraction of sp³-hybridized carbons (Fsp3) is 0.320. The first-order chi connectivity index (χ1) is 16.5. The summed E-state index contributed by atoms with van der Waals surface area (Å²) in [5.41, 5.74) is 2.10. The molecule has 1 N–H and O–H groups in total. The molecule has 0 aliphatic carbocycles. The number of benzene rings is 2. The van der Waals surface area contributed by atoms with Gasteiger partial charge in [0.25, 0.3) is 5.56 Å². The van der Waals surface area contributed by atoms with Crippen LogP contribution in [0.5, 0.6) is 0 Å². The van der Waals surface area contributed by atoms with Crippen molar-refractivity contribution in [3.63, 3.8) is 0 Å². The Bertz CT molecular complexity index is 1290. The van der Waals surface area contributed by atoms with Gasteiger partial charge in [-0.15, -0.1) is 0 Å². The Hall–Kier alpha value is -2.65. The molecule has 0 saturated carbocycles. The molecule has 0 bridgehead atoms. The standard InChI is InChI=1S/C25H27ClFN5OS/c1-3-20(31(14-13-28-2)15-18-9-11-19(27)12-10-18)22-30-23-21(29-25(26)34-23)24(33)32(22)16-17-7-5-4-6-8-17/h4-12,20,28H,3,13-16H2,1-2H3. The number of thiazole rings is 1. The van der Waals surface area contributed by atoms with Crippen molar-refractivity contribution >= 4 is 33.3 Å². The quantitative estimate of drug-likeness (QED) is 0.337.